The summed E-state index contributed by atoms with van der Waals surface area (Å²) < 4.78 is 32.6. The summed E-state index contributed by atoms with van der Waals surface area (Å²) in [6.45, 7) is 2.37. The highest BCUT2D eigenvalue weighted by Crippen LogP contribution is 2.43. The van der Waals surface area contributed by atoms with E-state index in [9.17, 15) is 24.2 Å². The Morgan fingerprint density at radius 3 is 1.51 bits per heavy atom. The van der Waals surface area contributed by atoms with Gasteiger partial charge < -0.3 is 31.0 Å². The van der Waals surface area contributed by atoms with Crippen LogP contribution in [0, 0.1) is 6.42 Å². The number of phosphoric ester groups is 1. The van der Waals surface area contributed by atoms with Gasteiger partial charge in [0.05, 0.1) is 19.8 Å². The number of carbonyl (C=O) groups is 2. The monoisotopic (exact) mass is 722 g/mol. The van der Waals surface area contributed by atoms with Crippen LogP contribution in [-0.2, 0) is 32.7 Å². The topological polar surface area (TPSA) is 149 Å². The molecule has 11 heteroatoms. The highest BCUT2D eigenvalue weighted by molar-refractivity contribution is 7.47. The van der Waals surface area contributed by atoms with E-state index < -0.39 is 51.8 Å². The van der Waals surface area contributed by atoms with Crippen molar-refractivity contribution >= 4 is 19.8 Å². The Morgan fingerprint density at radius 1 is 0.592 bits per heavy atom. The molecule has 0 aromatic carbocycles. The second-order valence-electron chi connectivity index (χ2n) is 13.5. The van der Waals surface area contributed by atoms with Gasteiger partial charge in [-0.15, -0.1) is 0 Å². The summed E-state index contributed by atoms with van der Waals surface area (Å²) in [5.74, 6) is -0.919. The van der Waals surface area contributed by atoms with Crippen LogP contribution in [0.2, 0.25) is 0 Å². The Balaban J connectivity index is 4.31. The zero-order valence-corrected chi connectivity index (χ0v) is 32.2. The first-order valence-corrected chi connectivity index (χ1v) is 21.3. The molecule has 0 radical (unpaired) electrons. The standard InChI is InChI=1S/C38H74O10P/c1-3-5-7-9-11-13-15-17-19-21-23-25-27-29-37(41)45-33-36(34-47-49(43,44)46-32-35(40)31-39)48-38(42)30-28-26-24-22-20-18-16-14-12-10-8-6-4-2/h11,35-36,39-40H,3-10,12-34H2,1-2H3,(H,43,44)/q-1/t35-,36+/m0/s1. The first-order valence-electron chi connectivity index (χ1n) is 19.8. The molecule has 0 saturated carbocycles. The smallest absolute Gasteiger partial charge is 0.462 e. The van der Waals surface area contributed by atoms with Gasteiger partial charge in [-0.25, -0.2) is 4.57 Å². The third kappa shape index (κ3) is 35.2. The molecule has 3 N–H and O–H groups in total. The highest BCUT2D eigenvalue weighted by atomic mass is 31.2. The van der Waals surface area contributed by atoms with Gasteiger partial charge in [0.25, 0.3) is 0 Å². The molecule has 1 unspecified atom stereocenters. The minimum Gasteiger partial charge on any atom is -0.462 e. The first-order chi connectivity index (χ1) is 23.7. The maximum absolute atomic E-state index is 12.5. The quantitative estimate of drug-likeness (QED) is 0.0243. The first kappa shape index (κ1) is 48.0. The largest absolute Gasteiger partial charge is 0.472 e. The van der Waals surface area contributed by atoms with Crippen LogP contribution < -0.4 is 0 Å². The number of carbonyl (C=O) groups excluding carboxylic acids is 2. The molecule has 0 spiro atoms. The molecule has 0 bridgehead atoms. The lowest BCUT2D eigenvalue weighted by Gasteiger charge is -2.20. The van der Waals surface area contributed by atoms with Crippen molar-refractivity contribution in [2.45, 2.75) is 199 Å². The van der Waals surface area contributed by atoms with E-state index >= 15 is 0 Å². The van der Waals surface area contributed by atoms with Gasteiger partial charge >= 0.3 is 19.8 Å². The van der Waals surface area contributed by atoms with Crippen molar-refractivity contribution in [1.29, 1.82) is 0 Å². The van der Waals surface area contributed by atoms with E-state index in [-0.39, 0.29) is 19.4 Å². The fraction of sp³-hybridized carbons (Fsp3) is 0.921. The minimum absolute atomic E-state index is 0.190. The van der Waals surface area contributed by atoms with E-state index in [1.54, 1.807) is 0 Å². The van der Waals surface area contributed by atoms with E-state index in [4.69, 9.17) is 19.1 Å². The molecule has 0 rings (SSSR count). The number of unbranched alkanes of at least 4 members (excludes halogenated alkanes) is 24. The van der Waals surface area contributed by atoms with E-state index in [0.29, 0.717) is 12.8 Å². The Kier molecular flexibility index (Phi) is 34.6. The van der Waals surface area contributed by atoms with Crippen LogP contribution >= 0.6 is 7.82 Å². The number of aliphatic hydroxyl groups is 2. The Hall–Kier alpha value is -1.03. The molecule has 0 aliphatic carbocycles. The molecule has 3 atom stereocenters. The molecule has 10 nitrogen and oxygen atoms in total. The molecule has 0 heterocycles. The zero-order chi connectivity index (χ0) is 36.3. The molecule has 0 saturated heterocycles. The van der Waals surface area contributed by atoms with Crippen LogP contribution in [0.3, 0.4) is 0 Å². The molecule has 292 valence electrons. The van der Waals surface area contributed by atoms with E-state index in [1.807, 2.05) is 0 Å². The van der Waals surface area contributed by atoms with Gasteiger partial charge in [0.15, 0.2) is 6.10 Å². The summed E-state index contributed by atoms with van der Waals surface area (Å²) >= 11 is 0. The van der Waals surface area contributed by atoms with Crippen molar-refractivity contribution in [2.24, 2.45) is 0 Å². The predicted octanol–water partition coefficient (Wildman–Crippen LogP) is 9.70. The number of aliphatic hydroxyl groups excluding tert-OH is 2. The number of esters is 2. The Morgan fingerprint density at radius 2 is 1.00 bits per heavy atom. The number of rotatable bonds is 38. The zero-order valence-electron chi connectivity index (χ0n) is 31.3. The molecule has 0 aliphatic heterocycles. The van der Waals surface area contributed by atoms with Crippen molar-refractivity contribution in [1.82, 2.24) is 0 Å². The lowest BCUT2D eigenvalue weighted by molar-refractivity contribution is -0.161. The summed E-state index contributed by atoms with van der Waals surface area (Å²) in [6.07, 6.45) is 29.8. The van der Waals surface area contributed by atoms with Crippen LogP contribution in [0.15, 0.2) is 0 Å². The van der Waals surface area contributed by atoms with E-state index in [2.05, 4.69) is 24.8 Å². The number of hydrogen-bond donors (Lipinski definition) is 3. The molecule has 0 aliphatic rings. The SMILES string of the molecule is CCCCC[CH-]CCCCCCCCCC(=O)OC[C@H](COP(=O)(O)OC[C@@H](O)CO)OC(=O)CCCCCCCCCCCCCCC. The maximum Gasteiger partial charge on any atom is 0.472 e. The third-order valence-electron chi connectivity index (χ3n) is 8.58. The normalized spacial score (nSPS) is 14.0. The molecule has 49 heavy (non-hydrogen) atoms. The van der Waals surface area contributed by atoms with Gasteiger partial charge in [0.2, 0.25) is 0 Å². The van der Waals surface area contributed by atoms with Gasteiger partial charge in [-0.3, -0.25) is 18.6 Å². The highest BCUT2D eigenvalue weighted by Gasteiger charge is 2.27. The molecular weight excluding hydrogens is 647 g/mol. The van der Waals surface area contributed by atoms with Crippen LogP contribution in [0.25, 0.3) is 0 Å². The van der Waals surface area contributed by atoms with Crippen LogP contribution in [0.4, 0.5) is 0 Å². The Bertz CT molecular complexity index is 796. The molecule has 0 aromatic rings. The van der Waals surface area contributed by atoms with Crippen molar-refractivity contribution in [2.75, 3.05) is 26.4 Å². The van der Waals surface area contributed by atoms with Crippen LogP contribution in [-0.4, -0.2) is 65.7 Å². The van der Waals surface area contributed by atoms with E-state index in [1.165, 1.54) is 109 Å². The van der Waals surface area contributed by atoms with Crippen molar-refractivity contribution in [3.8, 4) is 0 Å². The fourth-order valence-electron chi connectivity index (χ4n) is 5.48. The van der Waals surface area contributed by atoms with Gasteiger partial charge in [-0.1, -0.05) is 149 Å². The second-order valence-corrected chi connectivity index (χ2v) is 14.9. The van der Waals surface area contributed by atoms with Gasteiger partial charge in [-0.2, -0.15) is 12.8 Å². The molecular formula is C38H74O10P-. The predicted molar refractivity (Wildman–Crippen MR) is 196 cm³/mol. The minimum atomic E-state index is -4.60. The van der Waals surface area contributed by atoms with Crippen molar-refractivity contribution in [3.05, 3.63) is 6.42 Å². The average Bonchev–Trinajstić information content (AvgIpc) is 3.09. The third-order valence-corrected chi connectivity index (χ3v) is 9.53. The van der Waals surface area contributed by atoms with Crippen molar-refractivity contribution < 1.29 is 47.8 Å². The summed E-state index contributed by atoms with van der Waals surface area (Å²) in [7, 11) is -4.60. The van der Waals surface area contributed by atoms with Crippen LogP contribution in [0.1, 0.15) is 187 Å². The molecule has 0 fully saturated rings. The number of phosphoric acid groups is 1. The number of hydrogen-bond acceptors (Lipinski definition) is 9. The Labute approximate surface area is 299 Å². The van der Waals surface area contributed by atoms with Gasteiger partial charge in [0, 0.05) is 12.8 Å². The second kappa shape index (κ2) is 35.4. The summed E-state index contributed by atoms with van der Waals surface area (Å²) in [5, 5.41) is 18.3. The lowest BCUT2D eigenvalue weighted by Crippen LogP contribution is -2.29. The summed E-state index contributed by atoms with van der Waals surface area (Å²) in [6, 6.07) is 0. The van der Waals surface area contributed by atoms with E-state index in [0.717, 1.165) is 38.5 Å². The lowest BCUT2D eigenvalue weighted by atomic mass is 10.0. The van der Waals surface area contributed by atoms with Crippen LogP contribution in [0.5, 0.6) is 0 Å². The van der Waals surface area contributed by atoms with Gasteiger partial charge in [0.1, 0.15) is 12.7 Å². The molecule has 0 amide bonds. The maximum atomic E-state index is 12.5. The fourth-order valence-corrected chi connectivity index (χ4v) is 6.27. The average molecular weight is 722 g/mol. The summed E-state index contributed by atoms with van der Waals surface area (Å²) in [5.41, 5.74) is 0. The summed E-state index contributed by atoms with van der Waals surface area (Å²) in [4.78, 5) is 34.8. The van der Waals surface area contributed by atoms with Gasteiger partial charge in [-0.05, 0) is 12.8 Å². The van der Waals surface area contributed by atoms with Crippen molar-refractivity contribution in [3.63, 3.8) is 0 Å². The molecule has 0 aromatic heterocycles. The number of ether oxygens (including phenoxy) is 2.